The molecule has 3 nitrogen and oxygen atoms in total. The molecule has 2 aromatic rings. The van der Waals surface area contributed by atoms with Gasteiger partial charge in [-0.25, -0.2) is 4.39 Å². The molecule has 2 rings (SSSR count). The molecule has 1 aromatic carbocycles. The minimum absolute atomic E-state index is 0.0159. The lowest BCUT2D eigenvalue weighted by Gasteiger charge is -2.13. The fraction of sp³-hybridized carbons (Fsp3) is 0.400. The van der Waals surface area contributed by atoms with Gasteiger partial charge < -0.3 is 5.11 Å². The summed E-state index contributed by atoms with van der Waals surface area (Å²) in [5.41, 5.74) is 1.72. The molecule has 0 aliphatic heterocycles. The van der Waals surface area contributed by atoms with Gasteiger partial charge in [0, 0.05) is 24.6 Å². The van der Waals surface area contributed by atoms with Gasteiger partial charge in [-0.3, -0.25) is 4.68 Å². The zero-order valence-corrected chi connectivity index (χ0v) is 11.3. The molecule has 1 N–H and O–H groups in total. The van der Waals surface area contributed by atoms with Crippen LogP contribution >= 0.6 is 0 Å². The first kappa shape index (κ1) is 13.7. The number of hydrogen-bond donors (Lipinski definition) is 1. The molecule has 0 saturated heterocycles. The summed E-state index contributed by atoms with van der Waals surface area (Å²) < 4.78 is 15.1. The quantitative estimate of drug-likeness (QED) is 0.899. The number of nitrogens with zero attached hydrogens (tertiary/aromatic N) is 2. The molecule has 0 saturated carbocycles. The second-order valence-electron chi connectivity index (χ2n) is 5.02. The van der Waals surface area contributed by atoms with Crippen LogP contribution in [0.5, 0.6) is 0 Å². The van der Waals surface area contributed by atoms with Crippen LogP contribution in [-0.2, 0) is 6.42 Å². The van der Waals surface area contributed by atoms with Crippen molar-refractivity contribution in [3.63, 3.8) is 0 Å². The third-order valence-electron chi connectivity index (χ3n) is 3.19. The van der Waals surface area contributed by atoms with Gasteiger partial charge in [-0.1, -0.05) is 12.1 Å². The summed E-state index contributed by atoms with van der Waals surface area (Å²) in [6.07, 6.45) is 2.54. The molecule has 0 amide bonds. The lowest BCUT2D eigenvalue weighted by atomic mass is 9.95. The van der Waals surface area contributed by atoms with Crippen LogP contribution in [0, 0.1) is 5.82 Å². The van der Waals surface area contributed by atoms with Gasteiger partial charge in [0.2, 0.25) is 0 Å². The minimum atomic E-state index is -0.274. The standard InChI is InChI=1S/C15H19FN2O/c1-11(2)18-7-6-15(17-18)9-13(10-19)12-4-3-5-14(16)8-12/h3-8,11,13,19H,9-10H2,1-2H3. The van der Waals surface area contributed by atoms with Crippen molar-refractivity contribution in [2.75, 3.05) is 6.61 Å². The summed E-state index contributed by atoms with van der Waals surface area (Å²) in [6, 6.07) is 8.65. The summed E-state index contributed by atoms with van der Waals surface area (Å²) in [6.45, 7) is 4.11. The smallest absolute Gasteiger partial charge is 0.123 e. The zero-order chi connectivity index (χ0) is 13.8. The van der Waals surface area contributed by atoms with Gasteiger partial charge in [0.1, 0.15) is 5.82 Å². The molecule has 0 aliphatic rings. The van der Waals surface area contributed by atoms with Crippen molar-refractivity contribution in [1.29, 1.82) is 0 Å². The molecular weight excluding hydrogens is 243 g/mol. The largest absolute Gasteiger partial charge is 0.396 e. The molecule has 102 valence electrons. The van der Waals surface area contributed by atoms with Crippen LogP contribution in [0.1, 0.15) is 37.1 Å². The highest BCUT2D eigenvalue weighted by molar-refractivity contribution is 5.22. The number of hydrogen-bond acceptors (Lipinski definition) is 2. The third kappa shape index (κ3) is 3.41. The topological polar surface area (TPSA) is 38.0 Å². The normalized spacial score (nSPS) is 12.9. The van der Waals surface area contributed by atoms with E-state index >= 15 is 0 Å². The van der Waals surface area contributed by atoms with Crippen LogP contribution < -0.4 is 0 Å². The Bertz CT molecular complexity index is 536. The van der Waals surface area contributed by atoms with Gasteiger partial charge in [-0.2, -0.15) is 5.10 Å². The van der Waals surface area contributed by atoms with Gasteiger partial charge in [0.05, 0.1) is 12.3 Å². The fourth-order valence-electron chi connectivity index (χ4n) is 2.07. The van der Waals surface area contributed by atoms with E-state index in [2.05, 4.69) is 18.9 Å². The Kier molecular flexibility index (Phi) is 4.32. The molecule has 1 unspecified atom stereocenters. The highest BCUT2D eigenvalue weighted by atomic mass is 19.1. The highest BCUT2D eigenvalue weighted by Gasteiger charge is 2.14. The number of aliphatic hydroxyl groups is 1. The molecule has 0 aliphatic carbocycles. The Morgan fingerprint density at radius 3 is 2.68 bits per heavy atom. The Hall–Kier alpha value is -1.68. The lowest BCUT2D eigenvalue weighted by molar-refractivity contribution is 0.263. The number of halogens is 1. The molecule has 19 heavy (non-hydrogen) atoms. The maximum atomic E-state index is 13.2. The average molecular weight is 262 g/mol. The predicted molar refractivity (Wildman–Crippen MR) is 72.5 cm³/mol. The summed E-state index contributed by atoms with van der Waals surface area (Å²) in [5, 5.41) is 13.9. The molecule has 4 heteroatoms. The Labute approximate surface area is 112 Å². The molecule has 0 radical (unpaired) electrons. The van der Waals surface area contributed by atoms with Gasteiger partial charge in [-0.15, -0.1) is 0 Å². The fourth-order valence-corrected chi connectivity index (χ4v) is 2.07. The van der Waals surface area contributed by atoms with Crippen LogP contribution in [0.15, 0.2) is 36.5 Å². The van der Waals surface area contributed by atoms with Crippen LogP contribution in [0.3, 0.4) is 0 Å². The van der Waals surface area contributed by atoms with Gasteiger partial charge in [0.15, 0.2) is 0 Å². The van der Waals surface area contributed by atoms with Crippen LogP contribution in [0.25, 0.3) is 0 Å². The van der Waals surface area contributed by atoms with Crippen molar-refractivity contribution in [3.8, 4) is 0 Å². The van der Waals surface area contributed by atoms with Gasteiger partial charge in [0.25, 0.3) is 0 Å². The first-order valence-electron chi connectivity index (χ1n) is 6.50. The Morgan fingerprint density at radius 1 is 1.32 bits per heavy atom. The average Bonchev–Trinajstić information content (AvgIpc) is 2.84. The van der Waals surface area contributed by atoms with E-state index in [1.807, 2.05) is 23.0 Å². The second kappa shape index (κ2) is 5.97. The van der Waals surface area contributed by atoms with Crippen LogP contribution in [0.4, 0.5) is 4.39 Å². The summed E-state index contributed by atoms with van der Waals surface area (Å²) in [7, 11) is 0. The first-order chi connectivity index (χ1) is 9.10. The van der Waals surface area contributed by atoms with Crippen molar-refractivity contribution >= 4 is 0 Å². The molecule has 1 heterocycles. The number of benzene rings is 1. The minimum Gasteiger partial charge on any atom is -0.396 e. The summed E-state index contributed by atoms with van der Waals surface area (Å²) >= 11 is 0. The van der Waals surface area contributed by atoms with E-state index in [4.69, 9.17) is 0 Å². The van der Waals surface area contributed by atoms with E-state index < -0.39 is 0 Å². The van der Waals surface area contributed by atoms with Gasteiger partial charge >= 0.3 is 0 Å². The van der Waals surface area contributed by atoms with E-state index in [1.165, 1.54) is 12.1 Å². The number of rotatable bonds is 5. The van der Waals surface area contributed by atoms with Crippen molar-refractivity contribution < 1.29 is 9.50 Å². The van der Waals surface area contributed by atoms with Crippen LogP contribution in [-0.4, -0.2) is 21.5 Å². The SMILES string of the molecule is CC(C)n1ccc(CC(CO)c2cccc(F)c2)n1. The molecule has 0 fully saturated rings. The van der Waals surface area contributed by atoms with Crippen molar-refractivity contribution in [2.24, 2.45) is 0 Å². The Morgan fingerprint density at radius 2 is 2.11 bits per heavy atom. The van der Waals surface area contributed by atoms with E-state index in [0.717, 1.165) is 11.3 Å². The number of aromatic nitrogens is 2. The lowest BCUT2D eigenvalue weighted by Crippen LogP contribution is -2.09. The number of aliphatic hydroxyl groups excluding tert-OH is 1. The van der Waals surface area contributed by atoms with Crippen LogP contribution in [0.2, 0.25) is 0 Å². The first-order valence-corrected chi connectivity index (χ1v) is 6.50. The van der Waals surface area contributed by atoms with Gasteiger partial charge in [-0.05, 0) is 37.6 Å². The maximum absolute atomic E-state index is 13.2. The highest BCUT2D eigenvalue weighted by Crippen LogP contribution is 2.21. The van der Waals surface area contributed by atoms with E-state index in [-0.39, 0.29) is 18.3 Å². The van der Waals surface area contributed by atoms with Crippen molar-refractivity contribution in [3.05, 3.63) is 53.6 Å². The predicted octanol–water partition coefficient (Wildman–Crippen LogP) is 2.92. The Balaban J connectivity index is 2.14. The zero-order valence-electron chi connectivity index (χ0n) is 11.3. The molecule has 0 bridgehead atoms. The van der Waals surface area contributed by atoms with Crippen molar-refractivity contribution in [2.45, 2.75) is 32.2 Å². The van der Waals surface area contributed by atoms with E-state index in [0.29, 0.717) is 12.5 Å². The molecule has 0 spiro atoms. The van der Waals surface area contributed by atoms with Crippen molar-refractivity contribution in [1.82, 2.24) is 9.78 Å². The second-order valence-corrected chi connectivity index (χ2v) is 5.02. The summed E-state index contributed by atoms with van der Waals surface area (Å²) in [4.78, 5) is 0. The molecule has 1 aromatic heterocycles. The molecule has 1 atom stereocenters. The van der Waals surface area contributed by atoms with E-state index in [1.54, 1.807) is 6.07 Å². The monoisotopic (exact) mass is 262 g/mol. The molecular formula is C15H19FN2O. The van der Waals surface area contributed by atoms with E-state index in [9.17, 15) is 9.50 Å². The third-order valence-corrected chi connectivity index (χ3v) is 3.19. The summed E-state index contributed by atoms with van der Waals surface area (Å²) in [5.74, 6) is -0.394. The maximum Gasteiger partial charge on any atom is 0.123 e.